The number of rotatable bonds is 9. The van der Waals surface area contributed by atoms with Crippen LogP contribution in [0.1, 0.15) is 43.2 Å². The fraction of sp³-hybridized carbons (Fsp3) is 0.391. The predicted molar refractivity (Wildman–Crippen MR) is 114 cm³/mol. The van der Waals surface area contributed by atoms with E-state index in [1.54, 1.807) is 12.7 Å². The average molecular weight is 430 g/mol. The van der Waals surface area contributed by atoms with Crippen LogP contribution in [-0.4, -0.2) is 13.7 Å². The highest BCUT2D eigenvalue weighted by molar-refractivity contribution is 9.10. The number of benzene rings is 2. The van der Waals surface area contributed by atoms with E-state index in [4.69, 9.17) is 9.47 Å². The summed E-state index contributed by atoms with van der Waals surface area (Å²) in [6.07, 6.45) is 8.78. The van der Waals surface area contributed by atoms with Crippen molar-refractivity contribution in [3.05, 3.63) is 69.7 Å². The minimum absolute atomic E-state index is 0.524. The van der Waals surface area contributed by atoms with Crippen LogP contribution in [0, 0.1) is 0 Å². The molecule has 0 aliphatic heterocycles. The van der Waals surface area contributed by atoms with Crippen molar-refractivity contribution in [2.75, 3.05) is 13.7 Å². The Bertz CT molecular complexity index is 758. The molecule has 0 spiro atoms. The van der Waals surface area contributed by atoms with E-state index < -0.39 is 0 Å². The second-order valence-corrected chi connectivity index (χ2v) is 7.76. The molecule has 2 aromatic rings. The largest absolute Gasteiger partial charge is 0.493 e. The van der Waals surface area contributed by atoms with Crippen LogP contribution < -0.4 is 14.8 Å². The first kappa shape index (κ1) is 20.0. The van der Waals surface area contributed by atoms with Crippen molar-refractivity contribution in [2.45, 2.75) is 45.3 Å². The average Bonchev–Trinajstić information content (AvgIpc) is 2.72. The maximum atomic E-state index is 5.97. The Morgan fingerprint density at radius 2 is 1.93 bits per heavy atom. The predicted octanol–water partition coefficient (Wildman–Crippen LogP) is 6.02. The summed E-state index contributed by atoms with van der Waals surface area (Å²) in [6, 6.07) is 14.2. The molecule has 0 saturated carbocycles. The number of halogens is 1. The molecule has 0 heterocycles. The first-order chi connectivity index (χ1) is 13.3. The number of hydrogen-bond acceptors (Lipinski definition) is 3. The SMILES string of the molecule is COc1cc(CNCCC2=CCCCC2)c(Br)cc1OCc1ccccc1. The second kappa shape index (κ2) is 10.5. The molecule has 0 bridgehead atoms. The third-order valence-electron chi connectivity index (χ3n) is 4.89. The monoisotopic (exact) mass is 429 g/mol. The van der Waals surface area contributed by atoms with Crippen LogP contribution in [-0.2, 0) is 13.2 Å². The van der Waals surface area contributed by atoms with Crippen molar-refractivity contribution >= 4 is 15.9 Å². The summed E-state index contributed by atoms with van der Waals surface area (Å²) < 4.78 is 12.6. The van der Waals surface area contributed by atoms with Gasteiger partial charge in [0.1, 0.15) is 6.61 Å². The van der Waals surface area contributed by atoms with E-state index in [1.807, 2.05) is 24.3 Å². The molecule has 0 radical (unpaired) electrons. The Kier molecular flexibility index (Phi) is 7.79. The minimum atomic E-state index is 0.524. The lowest BCUT2D eigenvalue weighted by Gasteiger charge is -2.15. The lowest BCUT2D eigenvalue weighted by Crippen LogP contribution is -2.16. The van der Waals surface area contributed by atoms with E-state index in [9.17, 15) is 0 Å². The van der Waals surface area contributed by atoms with Crippen LogP contribution in [0.25, 0.3) is 0 Å². The van der Waals surface area contributed by atoms with Gasteiger partial charge in [-0.1, -0.05) is 57.9 Å². The van der Waals surface area contributed by atoms with Crippen molar-refractivity contribution < 1.29 is 9.47 Å². The van der Waals surface area contributed by atoms with Gasteiger partial charge >= 0.3 is 0 Å². The Hall–Kier alpha value is -1.78. The van der Waals surface area contributed by atoms with E-state index in [0.717, 1.165) is 41.0 Å². The minimum Gasteiger partial charge on any atom is -0.493 e. The quantitative estimate of drug-likeness (QED) is 0.390. The van der Waals surface area contributed by atoms with E-state index in [1.165, 1.54) is 31.2 Å². The van der Waals surface area contributed by atoms with Crippen molar-refractivity contribution in [3.63, 3.8) is 0 Å². The molecule has 3 rings (SSSR count). The molecule has 0 unspecified atom stereocenters. The van der Waals surface area contributed by atoms with Gasteiger partial charge in [0.15, 0.2) is 11.5 Å². The Morgan fingerprint density at radius 3 is 2.67 bits per heavy atom. The van der Waals surface area contributed by atoms with Crippen LogP contribution >= 0.6 is 15.9 Å². The standard InChI is InChI=1S/C23H28BrNO2/c1-26-22-14-20(16-25-13-12-18-8-4-2-5-9-18)21(24)15-23(22)27-17-19-10-6-3-7-11-19/h3,6-8,10-11,14-15,25H,2,4-5,9,12-13,16-17H2,1H3. The molecular formula is C23H28BrNO2. The first-order valence-corrected chi connectivity index (χ1v) is 10.5. The van der Waals surface area contributed by atoms with Gasteiger partial charge in [-0.05, 0) is 61.9 Å². The lowest BCUT2D eigenvalue weighted by molar-refractivity contribution is 0.284. The van der Waals surface area contributed by atoms with E-state index in [-0.39, 0.29) is 0 Å². The normalized spacial score (nSPS) is 13.9. The molecule has 1 aliphatic carbocycles. The van der Waals surface area contributed by atoms with Gasteiger partial charge < -0.3 is 14.8 Å². The summed E-state index contributed by atoms with van der Waals surface area (Å²) in [5.74, 6) is 1.52. The molecule has 144 valence electrons. The van der Waals surface area contributed by atoms with Gasteiger partial charge in [-0.25, -0.2) is 0 Å². The third kappa shape index (κ3) is 6.12. The molecule has 1 aliphatic rings. The smallest absolute Gasteiger partial charge is 0.162 e. The summed E-state index contributed by atoms with van der Waals surface area (Å²) in [5.41, 5.74) is 3.92. The molecule has 27 heavy (non-hydrogen) atoms. The Morgan fingerprint density at radius 1 is 1.07 bits per heavy atom. The van der Waals surface area contributed by atoms with Gasteiger partial charge in [0.05, 0.1) is 7.11 Å². The van der Waals surface area contributed by atoms with E-state index in [0.29, 0.717) is 6.61 Å². The second-order valence-electron chi connectivity index (χ2n) is 6.90. The molecule has 3 nitrogen and oxygen atoms in total. The zero-order valence-corrected chi connectivity index (χ0v) is 17.6. The van der Waals surface area contributed by atoms with Gasteiger partial charge in [-0.3, -0.25) is 0 Å². The van der Waals surface area contributed by atoms with Gasteiger partial charge in [-0.2, -0.15) is 0 Å². The zero-order chi connectivity index (χ0) is 18.9. The van der Waals surface area contributed by atoms with Crippen molar-refractivity contribution in [3.8, 4) is 11.5 Å². The number of nitrogens with one attached hydrogen (secondary N) is 1. The molecule has 0 amide bonds. The summed E-state index contributed by atoms with van der Waals surface area (Å²) in [4.78, 5) is 0. The van der Waals surface area contributed by atoms with E-state index >= 15 is 0 Å². The van der Waals surface area contributed by atoms with Crippen molar-refractivity contribution in [1.29, 1.82) is 0 Å². The maximum Gasteiger partial charge on any atom is 0.162 e. The topological polar surface area (TPSA) is 30.5 Å². The molecule has 1 N–H and O–H groups in total. The molecular weight excluding hydrogens is 402 g/mol. The van der Waals surface area contributed by atoms with Crippen molar-refractivity contribution in [2.24, 2.45) is 0 Å². The number of methoxy groups -OCH3 is 1. The fourth-order valence-electron chi connectivity index (χ4n) is 3.32. The van der Waals surface area contributed by atoms with Crippen LogP contribution in [0.3, 0.4) is 0 Å². The third-order valence-corrected chi connectivity index (χ3v) is 5.63. The summed E-state index contributed by atoms with van der Waals surface area (Å²) in [6.45, 7) is 2.34. The first-order valence-electron chi connectivity index (χ1n) is 9.68. The van der Waals surface area contributed by atoms with Crippen LogP contribution in [0.2, 0.25) is 0 Å². The Labute approximate surface area is 170 Å². The molecule has 2 aromatic carbocycles. The highest BCUT2D eigenvalue weighted by atomic mass is 79.9. The van der Waals surface area contributed by atoms with Crippen LogP contribution in [0.5, 0.6) is 11.5 Å². The molecule has 0 aromatic heterocycles. The van der Waals surface area contributed by atoms with Crippen LogP contribution in [0.15, 0.2) is 58.6 Å². The zero-order valence-electron chi connectivity index (χ0n) is 16.0. The van der Waals surface area contributed by atoms with Gasteiger partial charge in [0, 0.05) is 11.0 Å². The van der Waals surface area contributed by atoms with Gasteiger partial charge in [0.25, 0.3) is 0 Å². The highest BCUT2D eigenvalue weighted by Gasteiger charge is 2.11. The molecule has 4 heteroatoms. The van der Waals surface area contributed by atoms with Gasteiger partial charge in [-0.15, -0.1) is 0 Å². The van der Waals surface area contributed by atoms with Crippen LogP contribution in [0.4, 0.5) is 0 Å². The summed E-state index contributed by atoms with van der Waals surface area (Å²) in [7, 11) is 1.69. The summed E-state index contributed by atoms with van der Waals surface area (Å²) >= 11 is 3.68. The van der Waals surface area contributed by atoms with Gasteiger partial charge in [0.2, 0.25) is 0 Å². The summed E-state index contributed by atoms with van der Waals surface area (Å²) in [5, 5.41) is 3.55. The van der Waals surface area contributed by atoms with Crippen molar-refractivity contribution in [1.82, 2.24) is 5.32 Å². The van der Waals surface area contributed by atoms with E-state index in [2.05, 4.69) is 45.5 Å². The lowest BCUT2D eigenvalue weighted by atomic mass is 9.97. The molecule has 0 atom stereocenters. The Balaban J connectivity index is 1.55. The highest BCUT2D eigenvalue weighted by Crippen LogP contribution is 2.34. The molecule has 0 saturated heterocycles. The molecule has 0 fully saturated rings. The number of allylic oxidation sites excluding steroid dienone is 1. The number of hydrogen-bond donors (Lipinski definition) is 1. The number of ether oxygens (including phenoxy) is 2. The maximum absolute atomic E-state index is 5.97. The fourth-order valence-corrected chi connectivity index (χ4v) is 3.79.